The lowest BCUT2D eigenvalue weighted by Gasteiger charge is -2.00. The fourth-order valence-electron chi connectivity index (χ4n) is 2.15. The minimum atomic E-state index is 0.594. The highest BCUT2D eigenvalue weighted by atomic mass is 16.1. The summed E-state index contributed by atoms with van der Waals surface area (Å²) in [5, 5.41) is 0. The maximum Gasteiger partial charge on any atom is 0.240 e. The molecule has 0 aliphatic rings. The van der Waals surface area contributed by atoms with Gasteiger partial charge in [-0.25, -0.2) is 4.79 Å². The molecular weight excluding hydrogens is 270 g/mol. The van der Waals surface area contributed by atoms with Crippen molar-refractivity contribution >= 4 is 11.8 Å². The smallest absolute Gasteiger partial charge is 0.211 e. The topological polar surface area (TPSA) is 29.4 Å². The third-order valence-corrected chi connectivity index (χ3v) is 3.42. The van der Waals surface area contributed by atoms with Crippen molar-refractivity contribution in [2.75, 3.05) is 0 Å². The summed E-state index contributed by atoms with van der Waals surface area (Å²) in [6.07, 6.45) is 6.44. The van der Waals surface area contributed by atoms with Gasteiger partial charge in [-0.2, -0.15) is 4.99 Å². The monoisotopic (exact) mass is 289 g/mol. The van der Waals surface area contributed by atoms with Crippen molar-refractivity contribution in [3.63, 3.8) is 0 Å². The molecule has 2 heteroatoms. The molecule has 22 heavy (non-hydrogen) atoms. The van der Waals surface area contributed by atoms with Gasteiger partial charge in [0.15, 0.2) is 0 Å². The predicted molar refractivity (Wildman–Crippen MR) is 89.9 cm³/mol. The lowest BCUT2D eigenvalue weighted by Crippen LogP contribution is -1.85. The summed E-state index contributed by atoms with van der Waals surface area (Å²) in [4.78, 5) is 13.7. The van der Waals surface area contributed by atoms with Gasteiger partial charge in [0.25, 0.3) is 0 Å². The summed E-state index contributed by atoms with van der Waals surface area (Å²) in [5.74, 6) is 6.26. The largest absolute Gasteiger partial charge is 0.240 e. The zero-order valence-electron chi connectivity index (χ0n) is 12.8. The Morgan fingerprint density at radius 1 is 0.864 bits per heavy atom. The Labute approximate surface area is 131 Å². The molecule has 2 aromatic carbocycles. The SMILES string of the molecule is CCCCCc1ccc(C#Cc2ccc(N=C=O)cc2)cc1. The molecule has 0 aromatic heterocycles. The van der Waals surface area contributed by atoms with Gasteiger partial charge in [-0.1, -0.05) is 43.7 Å². The van der Waals surface area contributed by atoms with Gasteiger partial charge in [0.2, 0.25) is 6.08 Å². The number of benzene rings is 2. The van der Waals surface area contributed by atoms with Crippen LogP contribution < -0.4 is 0 Å². The number of unbranched alkanes of at least 4 members (excludes halogenated alkanes) is 2. The van der Waals surface area contributed by atoms with E-state index in [0.717, 1.165) is 17.5 Å². The van der Waals surface area contributed by atoms with E-state index in [0.29, 0.717) is 5.69 Å². The van der Waals surface area contributed by atoms with Crippen LogP contribution in [0.4, 0.5) is 5.69 Å². The fraction of sp³-hybridized carbons (Fsp3) is 0.250. The second kappa shape index (κ2) is 8.62. The Hall–Kier alpha value is -2.62. The highest BCUT2D eigenvalue weighted by Crippen LogP contribution is 2.12. The zero-order chi connectivity index (χ0) is 15.6. The Kier molecular flexibility index (Phi) is 6.18. The summed E-state index contributed by atoms with van der Waals surface area (Å²) in [7, 11) is 0. The molecular formula is C20H19NO. The van der Waals surface area contributed by atoms with Crippen molar-refractivity contribution < 1.29 is 4.79 Å². The van der Waals surface area contributed by atoms with E-state index in [1.54, 1.807) is 12.1 Å². The molecule has 110 valence electrons. The number of isocyanates is 1. The van der Waals surface area contributed by atoms with Crippen LogP contribution in [0.25, 0.3) is 0 Å². The van der Waals surface area contributed by atoms with E-state index in [1.807, 2.05) is 12.1 Å². The van der Waals surface area contributed by atoms with Crippen molar-refractivity contribution in [2.45, 2.75) is 32.6 Å². The average molecular weight is 289 g/mol. The number of nitrogens with zero attached hydrogens (tertiary/aromatic N) is 1. The first kappa shape index (κ1) is 15.8. The normalized spacial score (nSPS) is 9.50. The molecule has 0 aliphatic carbocycles. The van der Waals surface area contributed by atoms with E-state index in [2.05, 4.69) is 48.0 Å². The first-order valence-corrected chi connectivity index (χ1v) is 7.60. The van der Waals surface area contributed by atoms with Crippen LogP contribution in [0, 0.1) is 11.8 Å². The standard InChI is InChI=1S/C20H19NO/c1-2-3-4-5-17-6-8-18(9-7-17)10-11-19-12-14-20(15-13-19)21-16-22/h6-9,12-15H,2-5H2,1H3. The lowest BCUT2D eigenvalue weighted by atomic mass is 10.1. The number of carbonyl (C=O) groups excluding carboxylic acids is 1. The third kappa shape index (κ3) is 5.05. The highest BCUT2D eigenvalue weighted by molar-refractivity contribution is 5.52. The van der Waals surface area contributed by atoms with E-state index in [9.17, 15) is 4.79 Å². The molecule has 0 N–H and O–H groups in total. The molecule has 0 saturated carbocycles. The molecule has 0 aliphatic heterocycles. The third-order valence-electron chi connectivity index (χ3n) is 3.42. The van der Waals surface area contributed by atoms with Crippen LogP contribution in [0.3, 0.4) is 0 Å². The summed E-state index contributed by atoms with van der Waals surface area (Å²) >= 11 is 0. The summed E-state index contributed by atoms with van der Waals surface area (Å²) in [6.45, 7) is 2.22. The van der Waals surface area contributed by atoms with Gasteiger partial charge < -0.3 is 0 Å². The van der Waals surface area contributed by atoms with E-state index >= 15 is 0 Å². The van der Waals surface area contributed by atoms with Gasteiger partial charge in [-0.05, 0) is 54.8 Å². The summed E-state index contributed by atoms with van der Waals surface area (Å²) in [5.41, 5.74) is 3.87. The van der Waals surface area contributed by atoms with Crippen molar-refractivity contribution in [3.05, 3.63) is 65.2 Å². The van der Waals surface area contributed by atoms with Crippen LogP contribution in [0.5, 0.6) is 0 Å². The highest BCUT2D eigenvalue weighted by Gasteiger charge is 1.94. The molecule has 0 heterocycles. The van der Waals surface area contributed by atoms with Crippen molar-refractivity contribution in [1.29, 1.82) is 0 Å². The van der Waals surface area contributed by atoms with Crippen LogP contribution >= 0.6 is 0 Å². The number of hydrogen-bond donors (Lipinski definition) is 0. The molecule has 0 bridgehead atoms. The van der Waals surface area contributed by atoms with Crippen LogP contribution in [0.15, 0.2) is 53.5 Å². The van der Waals surface area contributed by atoms with Gasteiger partial charge >= 0.3 is 0 Å². The van der Waals surface area contributed by atoms with E-state index in [4.69, 9.17) is 0 Å². The number of rotatable bonds is 5. The van der Waals surface area contributed by atoms with Gasteiger partial charge in [-0.3, -0.25) is 0 Å². The van der Waals surface area contributed by atoms with Crippen LogP contribution in [0.1, 0.15) is 42.9 Å². The number of aliphatic imine (C=N–C) groups is 1. The first-order chi connectivity index (χ1) is 10.8. The number of hydrogen-bond acceptors (Lipinski definition) is 2. The summed E-state index contributed by atoms with van der Waals surface area (Å²) in [6, 6.07) is 15.7. The van der Waals surface area contributed by atoms with Crippen molar-refractivity contribution in [1.82, 2.24) is 0 Å². The van der Waals surface area contributed by atoms with Crippen molar-refractivity contribution in [3.8, 4) is 11.8 Å². The molecule has 0 radical (unpaired) electrons. The maximum absolute atomic E-state index is 10.2. The average Bonchev–Trinajstić information content (AvgIpc) is 2.56. The fourth-order valence-corrected chi connectivity index (χ4v) is 2.15. The molecule has 0 atom stereocenters. The van der Waals surface area contributed by atoms with Crippen molar-refractivity contribution in [2.24, 2.45) is 4.99 Å². The molecule has 0 spiro atoms. The Morgan fingerprint density at radius 3 is 2.00 bits per heavy atom. The minimum absolute atomic E-state index is 0.594. The van der Waals surface area contributed by atoms with Crippen LogP contribution in [0.2, 0.25) is 0 Å². The Balaban J connectivity index is 2.00. The second-order valence-electron chi connectivity index (χ2n) is 5.15. The molecule has 2 aromatic rings. The molecule has 2 rings (SSSR count). The van der Waals surface area contributed by atoms with Gasteiger partial charge in [-0.15, -0.1) is 0 Å². The number of aryl methyl sites for hydroxylation is 1. The van der Waals surface area contributed by atoms with E-state index in [1.165, 1.54) is 30.9 Å². The zero-order valence-corrected chi connectivity index (χ0v) is 12.8. The van der Waals surface area contributed by atoms with E-state index < -0.39 is 0 Å². The summed E-state index contributed by atoms with van der Waals surface area (Å²) < 4.78 is 0. The molecule has 0 amide bonds. The maximum atomic E-state index is 10.2. The predicted octanol–water partition coefficient (Wildman–Crippen LogP) is 4.79. The first-order valence-electron chi connectivity index (χ1n) is 7.60. The Morgan fingerprint density at radius 2 is 1.45 bits per heavy atom. The van der Waals surface area contributed by atoms with Gasteiger partial charge in [0.05, 0.1) is 5.69 Å². The minimum Gasteiger partial charge on any atom is -0.211 e. The molecule has 0 saturated heterocycles. The second-order valence-corrected chi connectivity index (χ2v) is 5.15. The quantitative estimate of drug-likeness (QED) is 0.337. The van der Waals surface area contributed by atoms with Gasteiger partial charge in [0.1, 0.15) is 0 Å². The molecule has 0 unspecified atom stereocenters. The van der Waals surface area contributed by atoms with E-state index in [-0.39, 0.29) is 0 Å². The molecule has 2 nitrogen and oxygen atoms in total. The van der Waals surface area contributed by atoms with Gasteiger partial charge in [0, 0.05) is 11.1 Å². The van der Waals surface area contributed by atoms with Crippen LogP contribution in [-0.2, 0) is 11.2 Å². The Bertz CT molecular complexity index is 696. The molecule has 0 fully saturated rings. The lowest BCUT2D eigenvalue weighted by molar-refractivity contribution is 0.565. The van der Waals surface area contributed by atoms with Crippen LogP contribution in [-0.4, -0.2) is 6.08 Å².